The quantitative estimate of drug-likeness (QED) is 0.613. The third kappa shape index (κ3) is 2.81. The van der Waals surface area contributed by atoms with Gasteiger partial charge >= 0.3 is 0 Å². The Morgan fingerprint density at radius 3 is 2.62 bits per heavy atom. The molecule has 0 aliphatic carbocycles. The number of hydrogen-bond donors (Lipinski definition) is 0. The number of hydrogen-bond acceptors (Lipinski definition) is 2. The SMILES string of the molecule is Brc1c[c-]nnc1.[U]. The summed E-state index contributed by atoms with van der Waals surface area (Å²) in [6.07, 6.45) is 4.16. The first kappa shape index (κ1) is 8.61. The molecule has 0 unspecified atom stereocenters. The first-order chi connectivity index (χ1) is 3.39. The van der Waals surface area contributed by atoms with Crippen molar-refractivity contribution >= 4 is 15.9 Å². The molecule has 40 valence electrons. The Morgan fingerprint density at radius 1 is 1.62 bits per heavy atom. The van der Waals surface area contributed by atoms with Crippen LogP contribution in [0.15, 0.2) is 16.7 Å². The topological polar surface area (TPSA) is 25.8 Å². The molecule has 0 N–H and O–H groups in total. The van der Waals surface area contributed by atoms with Gasteiger partial charge in [0, 0.05) is 31.1 Å². The van der Waals surface area contributed by atoms with Crippen molar-refractivity contribution in [3.63, 3.8) is 0 Å². The average Bonchev–Trinajstić information content (AvgIpc) is 1.69. The molecule has 0 spiro atoms. The maximum atomic E-state index is 3.53. The second-order valence-corrected chi connectivity index (χ2v) is 1.92. The van der Waals surface area contributed by atoms with Gasteiger partial charge in [0.25, 0.3) is 0 Å². The zero-order valence-electron chi connectivity index (χ0n) is 3.93. The van der Waals surface area contributed by atoms with E-state index < -0.39 is 0 Å². The van der Waals surface area contributed by atoms with E-state index in [0.29, 0.717) is 0 Å². The Hall–Kier alpha value is 0.612. The summed E-state index contributed by atoms with van der Waals surface area (Å²) in [7, 11) is 0. The Balaban J connectivity index is 0.000000490. The predicted octanol–water partition coefficient (Wildman–Crippen LogP) is 1.04. The van der Waals surface area contributed by atoms with Gasteiger partial charge in [-0.15, -0.1) is 10.7 Å². The van der Waals surface area contributed by atoms with Gasteiger partial charge < -0.3 is 0 Å². The van der Waals surface area contributed by atoms with E-state index in [1.807, 2.05) is 0 Å². The van der Waals surface area contributed by atoms with Crippen LogP contribution in [0.25, 0.3) is 0 Å². The number of rotatable bonds is 0. The van der Waals surface area contributed by atoms with Gasteiger partial charge in [-0.25, -0.2) is 0 Å². The summed E-state index contributed by atoms with van der Waals surface area (Å²) in [5, 5.41) is 6.97. The van der Waals surface area contributed by atoms with Crippen molar-refractivity contribution in [2.75, 3.05) is 0 Å². The predicted molar refractivity (Wildman–Crippen MR) is 28.6 cm³/mol. The first-order valence-corrected chi connectivity index (χ1v) is 2.53. The van der Waals surface area contributed by atoms with Crippen LogP contribution in [0.2, 0.25) is 0 Å². The summed E-state index contributed by atoms with van der Waals surface area (Å²) in [5.41, 5.74) is 0. The maximum absolute atomic E-state index is 3.53. The van der Waals surface area contributed by atoms with Crippen LogP contribution in [0.4, 0.5) is 0 Å². The standard InChI is InChI=1S/C4H2BrN2.U/c5-4-1-2-6-7-3-4;/h1,3H;/q-1;. The van der Waals surface area contributed by atoms with E-state index in [2.05, 4.69) is 32.3 Å². The van der Waals surface area contributed by atoms with E-state index in [-0.39, 0.29) is 31.1 Å². The van der Waals surface area contributed by atoms with Crippen LogP contribution in [-0.2, 0) is 0 Å². The molecule has 1 rings (SSSR count). The van der Waals surface area contributed by atoms with Gasteiger partial charge in [0.15, 0.2) is 0 Å². The molecule has 0 saturated carbocycles. The summed E-state index contributed by atoms with van der Waals surface area (Å²) in [6.45, 7) is 0. The fourth-order valence-corrected chi connectivity index (χ4v) is 0.439. The molecule has 0 aliphatic rings. The van der Waals surface area contributed by atoms with E-state index in [1.54, 1.807) is 12.3 Å². The molecular weight excluding hydrogens is 394 g/mol. The van der Waals surface area contributed by atoms with Crippen molar-refractivity contribution in [2.45, 2.75) is 0 Å². The molecule has 0 amide bonds. The fraction of sp³-hybridized carbons (Fsp3) is 0. The van der Waals surface area contributed by atoms with Crippen molar-refractivity contribution in [2.24, 2.45) is 0 Å². The van der Waals surface area contributed by atoms with Gasteiger partial charge in [-0.3, -0.25) is 5.10 Å². The molecule has 1 aromatic rings. The van der Waals surface area contributed by atoms with E-state index in [1.165, 1.54) is 0 Å². The molecule has 1 heterocycles. The maximum Gasteiger partial charge on any atom is 0 e. The van der Waals surface area contributed by atoms with Crippen LogP contribution >= 0.6 is 15.9 Å². The number of aromatic nitrogens is 2. The third-order valence-electron chi connectivity index (χ3n) is 0.499. The van der Waals surface area contributed by atoms with Crippen molar-refractivity contribution in [3.05, 3.63) is 22.9 Å². The van der Waals surface area contributed by atoms with Crippen LogP contribution in [0, 0.1) is 37.3 Å². The molecule has 0 saturated heterocycles. The van der Waals surface area contributed by atoms with Gasteiger partial charge in [-0.2, -0.15) is 27.1 Å². The summed E-state index contributed by atoms with van der Waals surface area (Å²) in [4.78, 5) is 0. The monoisotopic (exact) mass is 395 g/mol. The molecule has 0 fully saturated rings. The molecular formula is C4H2BrN2U-. The normalized spacial score (nSPS) is 7.62. The molecule has 0 aliphatic heterocycles. The van der Waals surface area contributed by atoms with Crippen LogP contribution < -0.4 is 0 Å². The van der Waals surface area contributed by atoms with Crippen LogP contribution in [0.5, 0.6) is 0 Å². The molecule has 0 atom stereocenters. The minimum absolute atomic E-state index is 0. The smallest absolute Gasteiger partial charge is 0 e. The van der Waals surface area contributed by atoms with Gasteiger partial charge in [0.1, 0.15) is 0 Å². The molecule has 0 bridgehead atoms. The van der Waals surface area contributed by atoms with E-state index >= 15 is 0 Å². The zero-order valence-corrected chi connectivity index (χ0v) is 9.68. The Labute approximate surface area is 79.6 Å². The molecule has 1 aromatic heterocycles. The number of nitrogens with zero attached hydrogens (tertiary/aromatic N) is 2. The largest absolute Gasteiger partial charge is 0.268 e. The Morgan fingerprint density at radius 2 is 2.38 bits per heavy atom. The van der Waals surface area contributed by atoms with E-state index in [4.69, 9.17) is 0 Å². The Kier molecular flexibility index (Phi) is 4.83. The average molecular weight is 396 g/mol. The summed E-state index contributed by atoms with van der Waals surface area (Å²) < 4.78 is 0.905. The number of halogens is 1. The molecule has 8 heavy (non-hydrogen) atoms. The Bertz CT molecular complexity index is 144. The van der Waals surface area contributed by atoms with Gasteiger partial charge in [-0.1, -0.05) is 0 Å². The molecule has 0 radical (unpaired) electrons. The molecule has 0 aromatic carbocycles. The third-order valence-corrected chi connectivity index (χ3v) is 0.933. The van der Waals surface area contributed by atoms with Crippen LogP contribution in [-0.4, -0.2) is 10.2 Å². The van der Waals surface area contributed by atoms with Gasteiger partial charge in [-0.05, 0) is 6.20 Å². The van der Waals surface area contributed by atoms with Crippen LogP contribution in [0.1, 0.15) is 0 Å². The molecule has 4 heteroatoms. The van der Waals surface area contributed by atoms with E-state index in [9.17, 15) is 0 Å². The van der Waals surface area contributed by atoms with Gasteiger partial charge in [0.05, 0.1) is 0 Å². The van der Waals surface area contributed by atoms with Crippen molar-refractivity contribution in [1.82, 2.24) is 10.2 Å². The minimum atomic E-state index is 0. The minimum Gasteiger partial charge on any atom is -0.268 e. The first-order valence-electron chi connectivity index (χ1n) is 1.74. The van der Waals surface area contributed by atoms with Crippen molar-refractivity contribution in [1.29, 1.82) is 0 Å². The summed E-state index contributed by atoms with van der Waals surface area (Å²) >= 11 is 3.18. The summed E-state index contributed by atoms with van der Waals surface area (Å²) in [5.74, 6) is 0. The van der Waals surface area contributed by atoms with E-state index in [0.717, 1.165) is 4.47 Å². The van der Waals surface area contributed by atoms with Crippen molar-refractivity contribution < 1.29 is 31.1 Å². The summed E-state index contributed by atoms with van der Waals surface area (Å²) in [6, 6.07) is 1.70. The zero-order chi connectivity index (χ0) is 5.11. The van der Waals surface area contributed by atoms with Crippen LogP contribution in [0.3, 0.4) is 0 Å². The molecule has 2 nitrogen and oxygen atoms in total. The second-order valence-electron chi connectivity index (χ2n) is 1.00. The van der Waals surface area contributed by atoms with Gasteiger partial charge in [0.2, 0.25) is 0 Å². The van der Waals surface area contributed by atoms with Crippen molar-refractivity contribution in [3.8, 4) is 0 Å². The second kappa shape index (κ2) is 4.49. The fourth-order valence-electron chi connectivity index (χ4n) is 0.245.